The summed E-state index contributed by atoms with van der Waals surface area (Å²) in [5, 5.41) is 7.92. The number of benzene rings is 1. The largest absolute Gasteiger partial charge is 0.357 e. The third-order valence-corrected chi connectivity index (χ3v) is 1.67. The van der Waals surface area contributed by atoms with E-state index in [0.717, 1.165) is 0 Å². The fraction of sp³-hybridized carbons (Fsp3) is 0. The van der Waals surface area contributed by atoms with Crippen LogP contribution in [0.1, 0.15) is 0 Å². The third kappa shape index (κ3) is 1.97. The average Bonchev–Trinajstić information content (AvgIpc) is 2.62. The minimum absolute atomic E-state index is 0.662. The van der Waals surface area contributed by atoms with E-state index < -0.39 is 0 Å². The molecule has 0 aliphatic rings. The normalized spacial score (nSPS) is 9.92. The quantitative estimate of drug-likeness (QED) is 0.733. The summed E-state index contributed by atoms with van der Waals surface area (Å²) in [6, 6.07) is 7.00. The lowest BCUT2D eigenvalue weighted by atomic mass is 10.3. The smallest absolute Gasteiger partial charge is 0.158 e. The Morgan fingerprint density at radius 1 is 1.23 bits per heavy atom. The molecule has 0 amide bonds. The van der Waals surface area contributed by atoms with E-state index in [1.807, 2.05) is 0 Å². The molecule has 0 fully saturated rings. The van der Waals surface area contributed by atoms with Crippen LogP contribution in [0.4, 0.5) is 0 Å². The Balaban J connectivity index is 2.15. The number of halogens is 1. The summed E-state index contributed by atoms with van der Waals surface area (Å²) >= 11 is 5.70. The topological polar surface area (TPSA) is 39.9 Å². The van der Waals surface area contributed by atoms with Crippen LogP contribution in [0.3, 0.4) is 0 Å². The molecule has 5 heteroatoms. The Labute approximate surface area is 79.7 Å². The second-order valence-electron chi connectivity index (χ2n) is 2.35. The van der Waals surface area contributed by atoms with Crippen LogP contribution in [0.25, 0.3) is 0 Å². The molecule has 0 bridgehead atoms. The Morgan fingerprint density at radius 3 is 2.62 bits per heavy atom. The maximum Gasteiger partial charge on any atom is 0.158 e. The van der Waals surface area contributed by atoms with Crippen LogP contribution in [0.5, 0.6) is 5.75 Å². The molecule has 4 nitrogen and oxygen atoms in total. The highest BCUT2D eigenvalue weighted by Gasteiger charge is 1.95. The fourth-order valence-corrected chi connectivity index (χ4v) is 0.975. The monoisotopic (exact) mass is 195 g/mol. The molecule has 2 rings (SSSR count). The Bertz CT molecular complexity index is 371. The molecule has 1 heterocycles. The van der Waals surface area contributed by atoms with Gasteiger partial charge in [-0.15, -0.1) is 5.10 Å². The number of hydrogen-bond acceptors (Lipinski definition) is 3. The lowest BCUT2D eigenvalue weighted by Crippen LogP contribution is -2.05. The van der Waals surface area contributed by atoms with Crippen molar-refractivity contribution in [2.24, 2.45) is 0 Å². The van der Waals surface area contributed by atoms with Gasteiger partial charge in [-0.1, -0.05) is 16.4 Å². The minimum atomic E-state index is 0.662. The van der Waals surface area contributed by atoms with Crippen molar-refractivity contribution in [3.63, 3.8) is 0 Å². The van der Waals surface area contributed by atoms with Gasteiger partial charge in [-0.25, -0.2) is 0 Å². The van der Waals surface area contributed by atoms with E-state index in [2.05, 4.69) is 10.3 Å². The second kappa shape index (κ2) is 3.45. The summed E-state index contributed by atoms with van der Waals surface area (Å²) in [5.41, 5.74) is 0. The molecule has 0 N–H and O–H groups in total. The van der Waals surface area contributed by atoms with Gasteiger partial charge in [-0.2, -0.15) is 0 Å². The molecule has 0 unspecified atom stereocenters. The molecule has 1 aromatic heterocycles. The van der Waals surface area contributed by atoms with Crippen molar-refractivity contribution in [1.82, 2.24) is 15.2 Å². The van der Waals surface area contributed by atoms with Gasteiger partial charge in [0.25, 0.3) is 0 Å². The van der Waals surface area contributed by atoms with Gasteiger partial charge in [-0.05, 0) is 29.5 Å². The number of aromatic nitrogens is 3. The second-order valence-corrected chi connectivity index (χ2v) is 2.79. The standard InChI is InChI=1S/C8H6ClN3O/c9-7-1-3-8(4-2-7)13-12-6-5-10-11-12/h1-6H. The van der Waals surface area contributed by atoms with Crippen molar-refractivity contribution in [2.45, 2.75) is 0 Å². The molecule has 0 aliphatic carbocycles. The Morgan fingerprint density at radius 2 is 2.00 bits per heavy atom. The van der Waals surface area contributed by atoms with E-state index in [-0.39, 0.29) is 0 Å². The molecule has 0 spiro atoms. The predicted octanol–water partition coefficient (Wildman–Crippen LogP) is 1.77. The first-order valence-electron chi connectivity index (χ1n) is 3.65. The van der Waals surface area contributed by atoms with Gasteiger partial charge in [0, 0.05) is 5.02 Å². The lowest BCUT2D eigenvalue weighted by Gasteiger charge is -2.01. The maximum absolute atomic E-state index is 5.70. The Hall–Kier alpha value is -1.55. The zero-order valence-corrected chi connectivity index (χ0v) is 7.35. The molecule has 13 heavy (non-hydrogen) atoms. The molecule has 1 aromatic carbocycles. The van der Waals surface area contributed by atoms with Gasteiger partial charge < -0.3 is 4.84 Å². The van der Waals surface area contributed by atoms with Gasteiger partial charge in [0.1, 0.15) is 0 Å². The molecular formula is C8H6ClN3O. The zero-order chi connectivity index (χ0) is 9.10. The van der Waals surface area contributed by atoms with Gasteiger partial charge in [-0.3, -0.25) is 0 Å². The molecule has 0 atom stereocenters. The van der Waals surface area contributed by atoms with Gasteiger partial charge in [0.05, 0.1) is 12.4 Å². The summed E-state index contributed by atoms with van der Waals surface area (Å²) in [7, 11) is 0. The minimum Gasteiger partial charge on any atom is -0.357 e. The van der Waals surface area contributed by atoms with Crippen molar-refractivity contribution < 1.29 is 4.84 Å². The van der Waals surface area contributed by atoms with Crippen LogP contribution in [0.15, 0.2) is 36.7 Å². The van der Waals surface area contributed by atoms with Crippen LogP contribution < -0.4 is 4.84 Å². The zero-order valence-electron chi connectivity index (χ0n) is 6.59. The predicted molar refractivity (Wildman–Crippen MR) is 47.5 cm³/mol. The molecule has 0 saturated carbocycles. The van der Waals surface area contributed by atoms with Crippen molar-refractivity contribution in [1.29, 1.82) is 0 Å². The summed E-state index contributed by atoms with van der Waals surface area (Å²) < 4.78 is 0. The van der Waals surface area contributed by atoms with E-state index in [1.165, 1.54) is 11.0 Å². The fourth-order valence-electron chi connectivity index (χ4n) is 0.850. The summed E-state index contributed by atoms with van der Waals surface area (Å²) in [4.78, 5) is 6.52. The van der Waals surface area contributed by atoms with Crippen molar-refractivity contribution in [3.05, 3.63) is 41.7 Å². The molecular weight excluding hydrogens is 190 g/mol. The number of hydrogen-bond donors (Lipinski definition) is 0. The van der Waals surface area contributed by atoms with E-state index in [9.17, 15) is 0 Å². The highest BCUT2D eigenvalue weighted by Crippen LogP contribution is 2.15. The Kier molecular flexibility index (Phi) is 2.14. The maximum atomic E-state index is 5.70. The molecule has 0 saturated heterocycles. The number of rotatable bonds is 2. The SMILES string of the molecule is Clc1ccc(On2ccnn2)cc1. The van der Waals surface area contributed by atoms with E-state index in [0.29, 0.717) is 10.8 Å². The van der Waals surface area contributed by atoms with Crippen LogP contribution in [0, 0.1) is 0 Å². The number of nitrogens with zero attached hydrogens (tertiary/aromatic N) is 3. The summed E-state index contributed by atoms with van der Waals surface area (Å²) in [6.45, 7) is 0. The highest BCUT2D eigenvalue weighted by molar-refractivity contribution is 6.30. The van der Waals surface area contributed by atoms with Crippen LogP contribution >= 0.6 is 11.6 Å². The summed E-state index contributed by atoms with van der Waals surface area (Å²) in [6.07, 6.45) is 3.14. The first kappa shape index (κ1) is 8.07. The van der Waals surface area contributed by atoms with E-state index in [1.54, 1.807) is 30.5 Å². The van der Waals surface area contributed by atoms with Crippen LogP contribution in [-0.2, 0) is 0 Å². The first-order valence-corrected chi connectivity index (χ1v) is 4.02. The molecule has 0 aliphatic heterocycles. The van der Waals surface area contributed by atoms with Crippen LogP contribution in [-0.4, -0.2) is 15.2 Å². The molecule has 0 radical (unpaired) electrons. The van der Waals surface area contributed by atoms with Gasteiger partial charge >= 0.3 is 0 Å². The molecule has 2 aromatic rings. The van der Waals surface area contributed by atoms with E-state index in [4.69, 9.17) is 16.4 Å². The van der Waals surface area contributed by atoms with Gasteiger partial charge in [0.2, 0.25) is 0 Å². The van der Waals surface area contributed by atoms with Crippen molar-refractivity contribution >= 4 is 11.6 Å². The van der Waals surface area contributed by atoms with Crippen molar-refractivity contribution in [3.8, 4) is 5.75 Å². The van der Waals surface area contributed by atoms with Gasteiger partial charge in [0.15, 0.2) is 5.75 Å². The van der Waals surface area contributed by atoms with Crippen molar-refractivity contribution in [2.75, 3.05) is 0 Å². The average molecular weight is 196 g/mol. The van der Waals surface area contributed by atoms with E-state index >= 15 is 0 Å². The van der Waals surface area contributed by atoms with Crippen LogP contribution in [0.2, 0.25) is 5.02 Å². The molecule has 66 valence electrons. The third-order valence-electron chi connectivity index (χ3n) is 1.41. The summed E-state index contributed by atoms with van der Waals surface area (Å²) in [5.74, 6) is 0.662. The lowest BCUT2D eigenvalue weighted by molar-refractivity contribution is 0.173. The highest BCUT2D eigenvalue weighted by atomic mass is 35.5. The first-order chi connectivity index (χ1) is 6.34.